The molecule has 0 aromatic heterocycles. The molecule has 7 heteroatoms. The minimum Gasteiger partial charge on any atom is -0.480 e. The van der Waals surface area contributed by atoms with E-state index in [4.69, 9.17) is 5.11 Å². The van der Waals surface area contributed by atoms with E-state index in [1.165, 1.54) is 6.92 Å². The summed E-state index contributed by atoms with van der Waals surface area (Å²) in [5.74, 6) is -1.63. The molecule has 106 valence electrons. The van der Waals surface area contributed by atoms with Crippen LogP contribution in [0.3, 0.4) is 0 Å². The first kappa shape index (κ1) is 15.6. The van der Waals surface area contributed by atoms with E-state index in [1.54, 1.807) is 24.3 Å². The summed E-state index contributed by atoms with van der Waals surface area (Å²) in [5, 5.41) is 18.0. The lowest BCUT2D eigenvalue weighted by Gasteiger charge is -2.17. The maximum Gasteiger partial charge on any atom is 0.324 e. The normalized spacial score (nSPS) is 14.8. The van der Waals surface area contributed by atoms with E-state index in [1.807, 2.05) is 10.8 Å². The van der Waals surface area contributed by atoms with Crippen LogP contribution in [0.1, 0.15) is 12.5 Å². The fourth-order valence-corrected chi connectivity index (χ4v) is 2.81. The predicted molar refractivity (Wildman–Crippen MR) is 70.2 cm³/mol. The Labute approximate surface area is 112 Å². The van der Waals surface area contributed by atoms with Crippen LogP contribution in [-0.4, -0.2) is 42.5 Å². The fourth-order valence-electron chi connectivity index (χ4n) is 1.50. The van der Waals surface area contributed by atoms with Gasteiger partial charge in [-0.2, -0.15) is 4.72 Å². The molecule has 0 heterocycles. The van der Waals surface area contributed by atoms with Gasteiger partial charge in [-0.1, -0.05) is 30.3 Å². The second-order valence-corrected chi connectivity index (χ2v) is 6.10. The quantitative estimate of drug-likeness (QED) is 0.654. The SMILES string of the molecule is C[C@H](O)[C@@H](NS(=O)(=O)CCc1ccccc1)C(=O)O. The number of aliphatic hydroxyl groups excluding tert-OH is 1. The first-order chi connectivity index (χ1) is 8.82. The molecule has 19 heavy (non-hydrogen) atoms. The number of hydrogen-bond donors (Lipinski definition) is 3. The van der Waals surface area contributed by atoms with Gasteiger partial charge in [-0.3, -0.25) is 4.79 Å². The zero-order valence-corrected chi connectivity index (χ0v) is 11.3. The van der Waals surface area contributed by atoms with Gasteiger partial charge in [-0.15, -0.1) is 0 Å². The van der Waals surface area contributed by atoms with Crippen molar-refractivity contribution in [3.05, 3.63) is 35.9 Å². The van der Waals surface area contributed by atoms with Crippen LogP contribution < -0.4 is 4.72 Å². The number of sulfonamides is 1. The first-order valence-corrected chi connectivity index (χ1v) is 7.42. The molecule has 0 unspecified atom stereocenters. The Kier molecular flexibility index (Phi) is 5.46. The van der Waals surface area contributed by atoms with Crippen LogP contribution in [0.25, 0.3) is 0 Å². The largest absolute Gasteiger partial charge is 0.480 e. The summed E-state index contributed by atoms with van der Waals surface area (Å²) in [6.07, 6.45) is -1.02. The highest BCUT2D eigenvalue weighted by Gasteiger charge is 2.27. The third kappa shape index (κ3) is 5.37. The third-order valence-electron chi connectivity index (χ3n) is 2.56. The van der Waals surface area contributed by atoms with Crippen molar-refractivity contribution in [2.45, 2.75) is 25.5 Å². The van der Waals surface area contributed by atoms with Crippen molar-refractivity contribution in [3.8, 4) is 0 Å². The zero-order chi connectivity index (χ0) is 14.5. The minimum absolute atomic E-state index is 0.229. The lowest BCUT2D eigenvalue weighted by molar-refractivity contribution is -0.141. The average molecular weight is 287 g/mol. The van der Waals surface area contributed by atoms with Crippen molar-refractivity contribution in [1.29, 1.82) is 0 Å². The monoisotopic (exact) mass is 287 g/mol. The van der Waals surface area contributed by atoms with E-state index in [0.29, 0.717) is 0 Å². The molecule has 0 aliphatic heterocycles. The van der Waals surface area contributed by atoms with Crippen molar-refractivity contribution >= 4 is 16.0 Å². The maximum absolute atomic E-state index is 11.7. The number of aryl methyl sites for hydroxylation is 1. The Morgan fingerprint density at radius 2 is 1.89 bits per heavy atom. The van der Waals surface area contributed by atoms with Crippen LogP contribution in [0.2, 0.25) is 0 Å². The molecule has 0 spiro atoms. The number of hydrogen-bond acceptors (Lipinski definition) is 4. The predicted octanol–water partition coefficient (Wildman–Crippen LogP) is -0.0175. The highest BCUT2D eigenvalue weighted by Crippen LogP contribution is 2.03. The lowest BCUT2D eigenvalue weighted by atomic mass is 10.2. The van der Waals surface area contributed by atoms with Crippen molar-refractivity contribution in [1.82, 2.24) is 4.72 Å². The number of carboxylic acids is 1. The van der Waals surface area contributed by atoms with Crippen molar-refractivity contribution in [2.75, 3.05) is 5.75 Å². The second-order valence-electron chi connectivity index (χ2n) is 4.23. The van der Waals surface area contributed by atoms with Crippen LogP contribution in [0, 0.1) is 0 Å². The van der Waals surface area contributed by atoms with Crippen LogP contribution in [0.5, 0.6) is 0 Å². The maximum atomic E-state index is 11.7. The minimum atomic E-state index is -3.76. The van der Waals surface area contributed by atoms with E-state index < -0.39 is 28.1 Å². The summed E-state index contributed by atoms with van der Waals surface area (Å²) < 4.78 is 25.5. The molecular weight excluding hydrogens is 270 g/mol. The van der Waals surface area contributed by atoms with Gasteiger partial charge in [0.2, 0.25) is 10.0 Å². The van der Waals surface area contributed by atoms with Crippen LogP contribution >= 0.6 is 0 Å². The molecule has 0 saturated carbocycles. The molecular formula is C12H17NO5S. The summed E-state index contributed by atoms with van der Waals surface area (Å²) in [5.41, 5.74) is 0.844. The topological polar surface area (TPSA) is 104 Å². The van der Waals surface area contributed by atoms with Crippen LogP contribution in [-0.2, 0) is 21.2 Å². The standard InChI is InChI=1S/C12H17NO5S/c1-9(14)11(12(15)16)13-19(17,18)8-7-10-5-3-2-4-6-10/h2-6,9,11,13-14H,7-8H2,1H3,(H,15,16)/t9-,11+/m0/s1. The van der Waals surface area contributed by atoms with Crippen LogP contribution in [0.15, 0.2) is 30.3 Å². The summed E-state index contributed by atoms with van der Waals surface area (Å²) >= 11 is 0. The molecule has 2 atom stereocenters. The zero-order valence-electron chi connectivity index (χ0n) is 10.5. The van der Waals surface area contributed by atoms with E-state index in [2.05, 4.69) is 0 Å². The highest BCUT2D eigenvalue weighted by atomic mass is 32.2. The lowest BCUT2D eigenvalue weighted by Crippen LogP contribution is -2.48. The molecule has 3 N–H and O–H groups in total. The number of rotatable bonds is 7. The fraction of sp³-hybridized carbons (Fsp3) is 0.417. The van der Waals surface area contributed by atoms with Crippen molar-refractivity contribution < 1.29 is 23.4 Å². The Balaban J connectivity index is 2.64. The van der Waals surface area contributed by atoms with Gasteiger partial charge in [-0.05, 0) is 18.9 Å². The Bertz CT molecular complexity index is 512. The number of carbonyl (C=O) groups is 1. The van der Waals surface area contributed by atoms with Crippen molar-refractivity contribution in [2.24, 2.45) is 0 Å². The number of benzene rings is 1. The molecule has 0 aliphatic rings. The Morgan fingerprint density at radius 3 is 2.37 bits per heavy atom. The molecule has 6 nitrogen and oxygen atoms in total. The summed E-state index contributed by atoms with van der Waals surface area (Å²) in [6.45, 7) is 1.22. The van der Waals surface area contributed by atoms with Gasteiger partial charge < -0.3 is 10.2 Å². The molecule has 1 rings (SSSR count). The molecule has 1 aromatic rings. The summed E-state index contributed by atoms with van der Waals surface area (Å²) in [6, 6.07) is 7.47. The molecule has 0 fully saturated rings. The highest BCUT2D eigenvalue weighted by molar-refractivity contribution is 7.89. The smallest absolute Gasteiger partial charge is 0.324 e. The van der Waals surface area contributed by atoms with Gasteiger partial charge in [0.15, 0.2) is 0 Å². The van der Waals surface area contributed by atoms with Gasteiger partial charge in [0, 0.05) is 0 Å². The van der Waals surface area contributed by atoms with E-state index in [-0.39, 0.29) is 12.2 Å². The number of carboxylic acid groups (broad SMARTS) is 1. The molecule has 0 saturated heterocycles. The van der Waals surface area contributed by atoms with E-state index in [9.17, 15) is 18.3 Å². The molecule has 0 radical (unpaired) electrons. The van der Waals surface area contributed by atoms with Gasteiger partial charge in [0.05, 0.1) is 11.9 Å². The number of aliphatic carboxylic acids is 1. The second kappa shape index (κ2) is 6.65. The Hall–Kier alpha value is -1.44. The molecule has 0 amide bonds. The molecule has 0 aliphatic carbocycles. The number of aliphatic hydroxyl groups is 1. The first-order valence-electron chi connectivity index (χ1n) is 5.76. The van der Waals surface area contributed by atoms with E-state index in [0.717, 1.165) is 5.56 Å². The molecule has 1 aromatic carbocycles. The summed E-state index contributed by atoms with van der Waals surface area (Å²) in [4.78, 5) is 10.8. The number of nitrogens with one attached hydrogen (secondary N) is 1. The van der Waals surface area contributed by atoms with Gasteiger partial charge >= 0.3 is 5.97 Å². The van der Waals surface area contributed by atoms with Crippen LogP contribution in [0.4, 0.5) is 0 Å². The third-order valence-corrected chi connectivity index (χ3v) is 3.91. The van der Waals surface area contributed by atoms with Crippen molar-refractivity contribution in [3.63, 3.8) is 0 Å². The summed E-state index contributed by atoms with van der Waals surface area (Å²) in [7, 11) is -3.76. The van der Waals surface area contributed by atoms with Gasteiger partial charge in [0.1, 0.15) is 6.04 Å². The average Bonchev–Trinajstić information content (AvgIpc) is 2.34. The van der Waals surface area contributed by atoms with Gasteiger partial charge in [-0.25, -0.2) is 8.42 Å². The Morgan fingerprint density at radius 1 is 1.32 bits per heavy atom. The van der Waals surface area contributed by atoms with Gasteiger partial charge in [0.25, 0.3) is 0 Å². The molecule has 0 bridgehead atoms. The van der Waals surface area contributed by atoms with E-state index >= 15 is 0 Å².